The van der Waals surface area contributed by atoms with Crippen LogP contribution in [-0.2, 0) is 9.53 Å². The summed E-state index contributed by atoms with van der Waals surface area (Å²) < 4.78 is 5.14. The fourth-order valence-electron chi connectivity index (χ4n) is 1.93. The lowest BCUT2D eigenvalue weighted by Gasteiger charge is -2.33. The fourth-order valence-corrected chi connectivity index (χ4v) is 1.93. The van der Waals surface area contributed by atoms with E-state index in [9.17, 15) is 4.79 Å². The molecule has 0 fully saturated rings. The SMILES string of the molecule is CCCCC(CC)(C(=O)OCC)C(C)N.Cl. The number of hydrogen-bond donors (Lipinski definition) is 1. The highest BCUT2D eigenvalue weighted by Gasteiger charge is 2.40. The minimum atomic E-state index is -0.480. The van der Waals surface area contributed by atoms with Crippen LogP contribution in [0.1, 0.15) is 53.4 Å². The van der Waals surface area contributed by atoms with E-state index in [4.69, 9.17) is 10.5 Å². The van der Waals surface area contributed by atoms with Gasteiger partial charge in [-0.3, -0.25) is 4.79 Å². The predicted molar refractivity (Wildman–Crippen MR) is 69.8 cm³/mol. The highest BCUT2D eigenvalue weighted by atomic mass is 35.5. The molecule has 2 atom stereocenters. The number of rotatable bonds is 7. The van der Waals surface area contributed by atoms with E-state index in [1.165, 1.54) is 0 Å². The number of nitrogens with two attached hydrogens (primary N) is 1. The molecule has 0 saturated heterocycles. The predicted octanol–water partition coefficient (Wildman–Crippen LogP) is 2.91. The standard InChI is InChI=1S/C12H25NO2.ClH/c1-5-8-9-12(6-2,10(4)13)11(14)15-7-3;/h10H,5-9,13H2,1-4H3;1H. The Labute approximate surface area is 106 Å². The Morgan fingerprint density at radius 3 is 2.25 bits per heavy atom. The Bertz CT molecular complexity index is 197. The van der Waals surface area contributed by atoms with Crippen LogP contribution in [0.3, 0.4) is 0 Å². The van der Waals surface area contributed by atoms with Gasteiger partial charge in [-0.15, -0.1) is 12.4 Å². The van der Waals surface area contributed by atoms with Crippen LogP contribution in [0, 0.1) is 5.41 Å². The van der Waals surface area contributed by atoms with Crippen LogP contribution in [0.2, 0.25) is 0 Å². The molecule has 0 spiro atoms. The monoisotopic (exact) mass is 251 g/mol. The quantitative estimate of drug-likeness (QED) is 0.708. The molecule has 0 aliphatic heterocycles. The summed E-state index contributed by atoms with van der Waals surface area (Å²) >= 11 is 0. The molecule has 3 nitrogen and oxygen atoms in total. The lowest BCUT2D eigenvalue weighted by Crippen LogP contribution is -2.46. The maximum absolute atomic E-state index is 11.9. The Balaban J connectivity index is 0. The molecule has 0 aromatic rings. The second-order valence-corrected chi connectivity index (χ2v) is 4.12. The van der Waals surface area contributed by atoms with Gasteiger partial charge in [0, 0.05) is 6.04 Å². The first kappa shape index (κ1) is 18.1. The van der Waals surface area contributed by atoms with Gasteiger partial charge in [-0.05, 0) is 26.7 Å². The summed E-state index contributed by atoms with van der Waals surface area (Å²) in [6.07, 6.45) is 3.68. The van der Waals surface area contributed by atoms with Crippen LogP contribution in [-0.4, -0.2) is 18.6 Å². The van der Waals surface area contributed by atoms with Gasteiger partial charge in [0.25, 0.3) is 0 Å². The van der Waals surface area contributed by atoms with E-state index in [0.717, 1.165) is 25.7 Å². The molecule has 2 N–H and O–H groups in total. The van der Waals surface area contributed by atoms with Crippen molar-refractivity contribution in [3.05, 3.63) is 0 Å². The highest BCUT2D eigenvalue weighted by Crippen LogP contribution is 2.33. The average Bonchev–Trinajstić information content (AvgIpc) is 2.19. The summed E-state index contributed by atoms with van der Waals surface area (Å²) in [4.78, 5) is 11.9. The van der Waals surface area contributed by atoms with Gasteiger partial charge in [-0.1, -0.05) is 26.7 Å². The van der Waals surface area contributed by atoms with Crippen LogP contribution < -0.4 is 5.73 Å². The molecule has 0 aliphatic rings. The molecule has 0 aliphatic carbocycles. The van der Waals surface area contributed by atoms with Crippen molar-refractivity contribution in [2.75, 3.05) is 6.61 Å². The minimum absolute atomic E-state index is 0. The number of ether oxygens (including phenoxy) is 1. The van der Waals surface area contributed by atoms with E-state index in [-0.39, 0.29) is 24.4 Å². The van der Waals surface area contributed by atoms with E-state index in [0.29, 0.717) is 6.61 Å². The summed E-state index contributed by atoms with van der Waals surface area (Å²) in [6.45, 7) is 8.29. The van der Waals surface area contributed by atoms with E-state index in [2.05, 4.69) is 6.92 Å². The molecule has 4 heteroatoms. The number of carbonyl (C=O) groups is 1. The van der Waals surface area contributed by atoms with Gasteiger partial charge in [0.15, 0.2) is 0 Å². The molecule has 16 heavy (non-hydrogen) atoms. The third-order valence-electron chi connectivity index (χ3n) is 3.16. The highest BCUT2D eigenvalue weighted by molar-refractivity contribution is 5.85. The first-order valence-corrected chi connectivity index (χ1v) is 5.97. The lowest BCUT2D eigenvalue weighted by atomic mass is 9.75. The molecule has 0 amide bonds. The van der Waals surface area contributed by atoms with Crippen molar-refractivity contribution in [3.8, 4) is 0 Å². The van der Waals surface area contributed by atoms with Crippen LogP contribution in [0.15, 0.2) is 0 Å². The van der Waals surface area contributed by atoms with Crippen LogP contribution in [0.5, 0.6) is 0 Å². The number of unbranched alkanes of at least 4 members (excludes halogenated alkanes) is 1. The Morgan fingerprint density at radius 1 is 1.38 bits per heavy atom. The Hall–Kier alpha value is -0.280. The van der Waals surface area contributed by atoms with E-state index in [1.54, 1.807) is 0 Å². The molecular formula is C12H26ClNO2. The summed E-state index contributed by atoms with van der Waals surface area (Å²) in [5.74, 6) is -0.129. The van der Waals surface area contributed by atoms with Crippen LogP contribution >= 0.6 is 12.4 Å². The maximum Gasteiger partial charge on any atom is 0.313 e. The van der Waals surface area contributed by atoms with Crippen molar-refractivity contribution in [1.29, 1.82) is 0 Å². The molecule has 98 valence electrons. The van der Waals surface area contributed by atoms with Crippen LogP contribution in [0.25, 0.3) is 0 Å². The molecule has 2 unspecified atom stereocenters. The van der Waals surface area contributed by atoms with Crippen molar-refractivity contribution in [1.82, 2.24) is 0 Å². The smallest absolute Gasteiger partial charge is 0.313 e. The fraction of sp³-hybridized carbons (Fsp3) is 0.917. The average molecular weight is 252 g/mol. The van der Waals surface area contributed by atoms with Gasteiger partial charge in [-0.2, -0.15) is 0 Å². The van der Waals surface area contributed by atoms with Gasteiger partial charge in [0.1, 0.15) is 0 Å². The van der Waals surface area contributed by atoms with Crippen molar-refractivity contribution in [3.63, 3.8) is 0 Å². The summed E-state index contributed by atoms with van der Waals surface area (Å²) in [6, 6.07) is -0.145. The van der Waals surface area contributed by atoms with Crippen molar-refractivity contribution >= 4 is 18.4 Å². The molecule has 0 rings (SSSR count). The van der Waals surface area contributed by atoms with E-state index in [1.807, 2.05) is 20.8 Å². The Morgan fingerprint density at radius 2 is 1.94 bits per heavy atom. The zero-order valence-electron chi connectivity index (χ0n) is 10.9. The van der Waals surface area contributed by atoms with Gasteiger partial charge in [0.05, 0.1) is 12.0 Å². The summed E-state index contributed by atoms with van der Waals surface area (Å²) in [5.41, 5.74) is 5.47. The Kier molecular flexibility index (Phi) is 9.98. The topological polar surface area (TPSA) is 52.3 Å². The molecule has 0 aromatic carbocycles. The summed E-state index contributed by atoms with van der Waals surface area (Å²) in [7, 11) is 0. The third-order valence-corrected chi connectivity index (χ3v) is 3.16. The molecule has 0 heterocycles. The van der Waals surface area contributed by atoms with E-state index >= 15 is 0 Å². The van der Waals surface area contributed by atoms with E-state index < -0.39 is 5.41 Å². The van der Waals surface area contributed by atoms with Gasteiger partial charge in [0.2, 0.25) is 0 Å². The van der Waals surface area contributed by atoms with Gasteiger partial charge < -0.3 is 10.5 Å². The summed E-state index contributed by atoms with van der Waals surface area (Å²) in [5, 5.41) is 0. The van der Waals surface area contributed by atoms with Crippen molar-refractivity contribution in [2.45, 2.75) is 59.4 Å². The molecule has 0 bridgehead atoms. The normalized spacial score (nSPS) is 15.8. The molecule has 0 aromatic heterocycles. The van der Waals surface area contributed by atoms with Gasteiger partial charge >= 0.3 is 5.97 Å². The number of carbonyl (C=O) groups excluding carboxylic acids is 1. The largest absolute Gasteiger partial charge is 0.466 e. The molecule has 0 radical (unpaired) electrons. The molecule has 0 saturated carbocycles. The number of hydrogen-bond acceptors (Lipinski definition) is 3. The number of esters is 1. The van der Waals surface area contributed by atoms with Gasteiger partial charge in [-0.25, -0.2) is 0 Å². The lowest BCUT2D eigenvalue weighted by molar-refractivity contribution is -0.157. The third kappa shape index (κ3) is 4.30. The number of halogens is 1. The minimum Gasteiger partial charge on any atom is -0.466 e. The maximum atomic E-state index is 11.9. The zero-order valence-corrected chi connectivity index (χ0v) is 11.7. The first-order chi connectivity index (χ1) is 7.05. The zero-order chi connectivity index (χ0) is 11.9. The van der Waals surface area contributed by atoms with Crippen molar-refractivity contribution in [2.24, 2.45) is 11.1 Å². The first-order valence-electron chi connectivity index (χ1n) is 5.97. The second-order valence-electron chi connectivity index (χ2n) is 4.12. The van der Waals surface area contributed by atoms with Crippen LogP contribution in [0.4, 0.5) is 0 Å². The molecular weight excluding hydrogens is 226 g/mol. The van der Waals surface area contributed by atoms with Crippen molar-refractivity contribution < 1.29 is 9.53 Å². The second kappa shape index (κ2) is 8.82.